The third-order valence-corrected chi connectivity index (χ3v) is 13.8. The van der Waals surface area contributed by atoms with Gasteiger partial charge in [-0.05, 0) is 115 Å². The number of fused-ring (bicyclic) bond motifs is 4. The maximum atomic E-state index is 14.7. The van der Waals surface area contributed by atoms with Crippen LogP contribution >= 0.6 is 15.9 Å². The quantitative estimate of drug-likeness (QED) is 0.0771. The van der Waals surface area contributed by atoms with E-state index in [1.165, 1.54) is 119 Å². The monoisotopic (exact) mass is 1130 g/mol. The van der Waals surface area contributed by atoms with Gasteiger partial charge in [0.15, 0.2) is 0 Å². The van der Waals surface area contributed by atoms with E-state index in [-0.39, 0.29) is 22.3 Å². The molecular weight excluding hydrogens is 1080 g/mol. The average Bonchev–Trinajstić information content (AvgIpc) is 4.20. The number of rotatable bonds is 13. The van der Waals surface area contributed by atoms with Gasteiger partial charge in [0.2, 0.25) is 11.2 Å². The molecule has 2 unspecified atom stereocenters. The van der Waals surface area contributed by atoms with Crippen molar-refractivity contribution in [2.45, 2.75) is 23.6 Å². The van der Waals surface area contributed by atoms with E-state index >= 15 is 0 Å². The van der Waals surface area contributed by atoms with Crippen LogP contribution in [0.25, 0.3) is 55.0 Å². The van der Waals surface area contributed by atoms with Crippen LogP contribution in [0.4, 0.5) is 40.8 Å². The van der Waals surface area contributed by atoms with E-state index in [1.807, 2.05) is 19.0 Å². The number of aliphatic hydroxyl groups is 2. The van der Waals surface area contributed by atoms with E-state index in [2.05, 4.69) is 31.4 Å². The number of hydrogen-bond donors (Lipinski definition) is 3. The summed E-state index contributed by atoms with van der Waals surface area (Å²) in [5.74, 6) is -0.818. The van der Waals surface area contributed by atoms with E-state index in [4.69, 9.17) is 9.47 Å². The molecule has 0 spiro atoms. The maximum Gasteiger partial charge on any atom is 0.425 e. The summed E-state index contributed by atoms with van der Waals surface area (Å²) in [5.41, 5.74) is -3.62. The Morgan fingerprint density at radius 2 is 1.03 bits per heavy atom. The smallest absolute Gasteiger partial charge is 0.383 e. The highest BCUT2D eigenvalue weighted by atomic mass is 79.9. The van der Waals surface area contributed by atoms with Gasteiger partial charge >= 0.3 is 12.4 Å². The van der Waals surface area contributed by atoms with Crippen molar-refractivity contribution in [3.63, 3.8) is 0 Å². The molecule has 6 aromatic carbocycles. The Morgan fingerprint density at radius 3 is 1.44 bits per heavy atom. The Bertz CT molecular complexity index is 3660. The van der Waals surface area contributed by atoms with Crippen LogP contribution in [-0.2, 0) is 34.8 Å². The summed E-state index contributed by atoms with van der Waals surface area (Å²) in [6.45, 7) is 2.85. The van der Waals surface area contributed by atoms with Crippen molar-refractivity contribution < 1.29 is 54.8 Å². The number of nitrogens with one attached hydrogen (secondary N) is 1. The predicted molar refractivity (Wildman–Crippen MR) is 285 cm³/mol. The molecule has 10 aromatic rings. The molecular formula is C56H53BrF8N8O4. The molecule has 77 heavy (non-hydrogen) atoms. The molecule has 3 N–H and O–H groups in total. The Balaban J connectivity index is 0.000000186. The lowest BCUT2D eigenvalue weighted by molar-refractivity contribution is -0.248. The molecule has 0 aliphatic carbocycles. The van der Waals surface area contributed by atoms with Crippen molar-refractivity contribution in [2.24, 2.45) is 14.1 Å². The number of aromatic nitrogens is 6. The van der Waals surface area contributed by atoms with Gasteiger partial charge in [-0.15, -0.1) is 0 Å². The van der Waals surface area contributed by atoms with Crippen LogP contribution in [0.3, 0.4) is 0 Å². The number of alkyl halides is 6. The molecule has 12 nitrogen and oxygen atoms in total. The van der Waals surface area contributed by atoms with Crippen molar-refractivity contribution in [3.05, 3.63) is 184 Å². The molecule has 0 aliphatic heterocycles. The van der Waals surface area contributed by atoms with Crippen molar-refractivity contribution in [1.29, 1.82) is 0 Å². The molecule has 0 saturated carbocycles. The first kappa shape index (κ1) is 56.1. The average molecular weight is 1130 g/mol. The number of ether oxygens (including phenoxy) is 2. The van der Waals surface area contributed by atoms with Crippen molar-refractivity contribution in [2.75, 3.05) is 59.5 Å². The van der Waals surface area contributed by atoms with E-state index in [0.29, 0.717) is 72.6 Å². The maximum absolute atomic E-state index is 14.7. The predicted octanol–water partition coefficient (Wildman–Crippen LogP) is 11.6. The summed E-state index contributed by atoms with van der Waals surface area (Å²) in [7, 11) is 10.3. The third kappa shape index (κ3) is 10.9. The largest absolute Gasteiger partial charge is 0.425 e. The van der Waals surface area contributed by atoms with Gasteiger partial charge in [0.05, 0.1) is 53.5 Å². The van der Waals surface area contributed by atoms with Crippen molar-refractivity contribution >= 4 is 65.2 Å². The molecule has 0 amide bonds. The second-order valence-electron chi connectivity index (χ2n) is 18.2. The minimum absolute atomic E-state index is 0.259. The van der Waals surface area contributed by atoms with Crippen LogP contribution in [0.5, 0.6) is 0 Å². The summed E-state index contributed by atoms with van der Waals surface area (Å²) in [4.78, 5) is 1.94. The first-order valence-electron chi connectivity index (χ1n) is 23.8. The minimum atomic E-state index is -5.02. The molecule has 2 atom stereocenters. The minimum Gasteiger partial charge on any atom is -0.383 e. The molecule has 0 saturated heterocycles. The number of hydrogen-bond acceptors (Lipinski definition) is 8. The SMILES string of the molecule is CNCCOC.COCCN(C)c1ccc2c(C(O)(c3ccc4c(cnn4-c4ccc(F)cc4)c3)C(F)(F)F)cn(C)c2c1.Cn1cc(C(O)(c2ccc3c(cnn3-c3ccc(F)cc3)c2)C(F)(F)F)c2ccc(Br)cc21. The first-order chi connectivity index (χ1) is 36.5. The number of benzene rings is 6. The van der Waals surface area contributed by atoms with Crippen molar-refractivity contribution in [1.82, 2.24) is 34.0 Å². The van der Waals surface area contributed by atoms with Crippen LogP contribution in [0.15, 0.2) is 151 Å². The molecule has 4 heterocycles. The molecule has 21 heteroatoms. The van der Waals surface area contributed by atoms with Crippen LogP contribution in [0, 0.1) is 11.6 Å². The highest BCUT2D eigenvalue weighted by Crippen LogP contribution is 2.49. The second-order valence-corrected chi connectivity index (χ2v) is 19.1. The third-order valence-electron chi connectivity index (χ3n) is 13.3. The first-order valence-corrected chi connectivity index (χ1v) is 24.6. The zero-order valence-corrected chi connectivity index (χ0v) is 44.0. The fraction of sp³-hybridized carbons (Fsp3) is 0.250. The number of likely N-dealkylation sites (N-methyl/N-ethyl adjacent to an activating group) is 2. The normalized spacial score (nSPS) is 13.6. The van der Waals surface area contributed by atoms with E-state index in [9.17, 15) is 45.3 Å². The lowest BCUT2D eigenvalue weighted by Gasteiger charge is -2.31. The second kappa shape index (κ2) is 22.4. The lowest BCUT2D eigenvalue weighted by atomic mass is 9.85. The molecule has 0 bridgehead atoms. The van der Waals surface area contributed by atoms with Gasteiger partial charge in [-0.1, -0.05) is 40.2 Å². The van der Waals surface area contributed by atoms with E-state index < -0.39 is 35.2 Å². The molecule has 0 aliphatic rings. The highest BCUT2D eigenvalue weighted by molar-refractivity contribution is 9.10. The van der Waals surface area contributed by atoms with Crippen LogP contribution < -0.4 is 10.2 Å². The van der Waals surface area contributed by atoms with Gasteiger partial charge in [-0.25, -0.2) is 18.1 Å². The van der Waals surface area contributed by atoms with Gasteiger partial charge in [0.25, 0.3) is 0 Å². The molecule has 404 valence electrons. The Labute approximate surface area is 445 Å². The number of methoxy groups -OCH3 is 2. The topological polar surface area (TPSA) is 120 Å². The highest BCUT2D eigenvalue weighted by Gasteiger charge is 2.58. The molecule has 4 aromatic heterocycles. The summed E-state index contributed by atoms with van der Waals surface area (Å²) < 4.78 is 131. The molecule has 0 fully saturated rings. The van der Waals surface area contributed by atoms with E-state index in [1.54, 1.807) is 73.8 Å². The number of halogens is 9. The summed E-state index contributed by atoms with van der Waals surface area (Å²) in [6, 6.07) is 29.3. The summed E-state index contributed by atoms with van der Waals surface area (Å²) in [6.07, 6.45) is -4.55. The van der Waals surface area contributed by atoms with Gasteiger partial charge in [-0.3, -0.25) is 0 Å². The van der Waals surface area contributed by atoms with Gasteiger partial charge in [0, 0.05) is 109 Å². The zero-order chi connectivity index (χ0) is 55.6. The van der Waals surface area contributed by atoms with Gasteiger partial charge in [-0.2, -0.15) is 36.5 Å². The summed E-state index contributed by atoms with van der Waals surface area (Å²) in [5, 5.41) is 35.6. The number of anilines is 1. The van der Waals surface area contributed by atoms with Crippen molar-refractivity contribution in [3.8, 4) is 11.4 Å². The lowest BCUT2D eigenvalue weighted by Crippen LogP contribution is -2.43. The molecule has 10 rings (SSSR count). The number of aryl methyl sites for hydroxylation is 2. The Hall–Kier alpha value is -7.14. The number of nitrogens with zero attached hydrogens (tertiary/aromatic N) is 7. The van der Waals surface area contributed by atoms with Crippen LogP contribution in [-0.4, -0.2) is 106 Å². The zero-order valence-electron chi connectivity index (χ0n) is 42.4. The Morgan fingerprint density at radius 1 is 0.584 bits per heavy atom. The van der Waals surface area contributed by atoms with E-state index in [0.717, 1.165) is 18.8 Å². The fourth-order valence-corrected chi connectivity index (χ4v) is 9.49. The Kier molecular flexibility index (Phi) is 16.3. The molecule has 0 radical (unpaired) electrons. The van der Waals surface area contributed by atoms with Gasteiger partial charge < -0.3 is 39.0 Å². The fourth-order valence-electron chi connectivity index (χ4n) is 9.14. The van der Waals surface area contributed by atoms with Crippen LogP contribution in [0.1, 0.15) is 22.3 Å². The standard InChI is InChI=1S/C28H26F4N4O2.C24H16BrF4N3O.C4H11NO/c1-34(12-13-38-3)22-9-10-23-24(17-35(2)26(23)15-22)27(37,28(30,31)32)19-4-11-25-18(14-19)16-33-36(25)21-7-5-20(29)6-8-21;1-31-13-20(19-8-3-16(25)11-22(19)31)23(33,24(27,28)29)15-2-9-21-14(10-15)12-30-32(21)18-6-4-17(26)5-7-18;1-5-3-4-6-2/h4-11,14-17,37H,12-13H2,1-3H3;2-13,33H,1H3;5H,3-4H2,1-2H3. The van der Waals surface area contributed by atoms with Gasteiger partial charge in [0.1, 0.15) is 11.6 Å². The summed E-state index contributed by atoms with van der Waals surface area (Å²) >= 11 is 3.34. The van der Waals surface area contributed by atoms with Crippen LogP contribution in [0.2, 0.25) is 0 Å².